The Balaban J connectivity index is 2.10. The fraction of sp³-hybridized carbons (Fsp3) is 0. The van der Waals surface area contributed by atoms with Gasteiger partial charge in [0.25, 0.3) is 0 Å². The Bertz CT molecular complexity index is 842. The van der Waals surface area contributed by atoms with Crippen LogP contribution in [0.2, 0.25) is 0 Å². The highest BCUT2D eigenvalue weighted by molar-refractivity contribution is 6.00. The topological polar surface area (TPSA) is 70.2 Å². The molecule has 0 saturated heterocycles. The maximum absolute atomic E-state index is 4.39. The number of nitrogens with zero attached hydrogens (tertiary/aromatic N) is 3. The number of fused-ring (bicyclic) bond motifs is 2. The van der Waals surface area contributed by atoms with Crippen molar-refractivity contribution < 1.29 is 0 Å². The Labute approximate surface area is 102 Å². The van der Waals surface area contributed by atoms with Crippen LogP contribution in [0.25, 0.3) is 33.2 Å². The standard InChI is InChI=1S/C13H9N5/c1-2-6-10-8(4-1)12(16-14-10)9-5-3-7-11-13(9)17-18-15-11/h1-7H,(H,14,16)(H,15,17,18). The number of aromatic amines is 2. The van der Waals surface area contributed by atoms with Gasteiger partial charge >= 0.3 is 0 Å². The number of rotatable bonds is 1. The molecule has 0 atom stereocenters. The molecule has 2 aromatic heterocycles. The molecule has 0 aliphatic rings. The van der Waals surface area contributed by atoms with Crippen LogP contribution >= 0.6 is 0 Å². The number of nitrogens with one attached hydrogen (secondary N) is 2. The van der Waals surface area contributed by atoms with Gasteiger partial charge in [0.2, 0.25) is 0 Å². The second-order valence-electron chi connectivity index (χ2n) is 4.11. The van der Waals surface area contributed by atoms with Crippen molar-refractivity contribution >= 4 is 21.9 Å². The summed E-state index contributed by atoms with van der Waals surface area (Å²) in [5.41, 5.74) is 4.60. The minimum Gasteiger partial charge on any atom is -0.277 e. The third kappa shape index (κ3) is 1.18. The van der Waals surface area contributed by atoms with Gasteiger partial charge in [0, 0.05) is 10.9 Å². The lowest BCUT2D eigenvalue weighted by atomic mass is 10.1. The summed E-state index contributed by atoms with van der Waals surface area (Å²) in [6.07, 6.45) is 0. The summed E-state index contributed by atoms with van der Waals surface area (Å²) in [5, 5.41) is 19.5. The summed E-state index contributed by atoms with van der Waals surface area (Å²) in [4.78, 5) is 0. The highest BCUT2D eigenvalue weighted by Gasteiger charge is 2.12. The maximum atomic E-state index is 4.39. The zero-order chi connectivity index (χ0) is 11.9. The van der Waals surface area contributed by atoms with Crippen molar-refractivity contribution in [3.63, 3.8) is 0 Å². The van der Waals surface area contributed by atoms with E-state index in [4.69, 9.17) is 0 Å². The molecular weight excluding hydrogens is 226 g/mol. The van der Waals surface area contributed by atoms with Crippen molar-refractivity contribution in [2.75, 3.05) is 0 Å². The number of benzene rings is 2. The minimum atomic E-state index is 0.842. The predicted molar refractivity (Wildman–Crippen MR) is 69.0 cm³/mol. The van der Waals surface area contributed by atoms with Gasteiger partial charge in [0.15, 0.2) is 0 Å². The Morgan fingerprint density at radius 1 is 0.833 bits per heavy atom. The molecule has 0 aliphatic carbocycles. The second-order valence-corrected chi connectivity index (χ2v) is 4.11. The molecule has 4 aromatic rings. The quantitative estimate of drug-likeness (QED) is 0.532. The van der Waals surface area contributed by atoms with Gasteiger partial charge in [0.1, 0.15) is 16.7 Å². The van der Waals surface area contributed by atoms with Gasteiger partial charge in [-0.1, -0.05) is 30.3 Å². The van der Waals surface area contributed by atoms with E-state index in [0.29, 0.717) is 0 Å². The zero-order valence-electron chi connectivity index (χ0n) is 9.38. The molecule has 0 bridgehead atoms. The average molecular weight is 235 g/mol. The number of hydrogen-bond donors (Lipinski definition) is 2. The highest BCUT2D eigenvalue weighted by Crippen LogP contribution is 2.29. The Morgan fingerprint density at radius 2 is 1.78 bits per heavy atom. The van der Waals surface area contributed by atoms with Crippen LogP contribution in [0.4, 0.5) is 0 Å². The second kappa shape index (κ2) is 3.40. The van der Waals surface area contributed by atoms with Gasteiger partial charge in [-0.05, 0) is 12.1 Å². The molecular formula is C13H9N5. The van der Waals surface area contributed by atoms with Gasteiger partial charge < -0.3 is 0 Å². The molecule has 2 N–H and O–H groups in total. The van der Waals surface area contributed by atoms with Crippen molar-refractivity contribution in [2.45, 2.75) is 0 Å². The predicted octanol–water partition coefficient (Wildman–Crippen LogP) is 2.50. The van der Waals surface area contributed by atoms with E-state index in [-0.39, 0.29) is 0 Å². The fourth-order valence-corrected chi connectivity index (χ4v) is 2.23. The molecule has 0 fully saturated rings. The summed E-state index contributed by atoms with van der Waals surface area (Å²) in [5.74, 6) is 0. The van der Waals surface area contributed by atoms with Crippen LogP contribution in [-0.2, 0) is 0 Å². The third-order valence-electron chi connectivity index (χ3n) is 3.07. The molecule has 4 rings (SSSR count). The molecule has 0 saturated carbocycles. The zero-order valence-corrected chi connectivity index (χ0v) is 9.38. The van der Waals surface area contributed by atoms with E-state index in [1.165, 1.54) is 0 Å². The number of para-hydroxylation sites is 2. The summed E-state index contributed by atoms with van der Waals surface area (Å²) < 4.78 is 0. The molecule has 2 heterocycles. The van der Waals surface area contributed by atoms with Crippen LogP contribution in [0.5, 0.6) is 0 Å². The van der Waals surface area contributed by atoms with E-state index in [9.17, 15) is 0 Å². The van der Waals surface area contributed by atoms with E-state index >= 15 is 0 Å². The van der Waals surface area contributed by atoms with Crippen LogP contribution in [0, 0.1) is 0 Å². The first-order chi connectivity index (χ1) is 8.93. The summed E-state index contributed by atoms with van der Waals surface area (Å²) in [6.45, 7) is 0. The molecule has 0 radical (unpaired) electrons. The van der Waals surface area contributed by atoms with Crippen LogP contribution < -0.4 is 0 Å². The SMILES string of the molecule is c1cc(-c2n[nH]c3ccccc23)c2n[nH]nc2c1. The summed E-state index contributed by atoms with van der Waals surface area (Å²) in [6, 6.07) is 13.9. The van der Waals surface area contributed by atoms with Crippen molar-refractivity contribution in [1.29, 1.82) is 0 Å². The first kappa shape index (κ1) is 9.35. The molecule has 5 heteroatoms. The Morgan fingerprint density at radius 3 is 2.78 bits per heavy atom. The highest BCUT2D eigenvalue weighted by atomic mass is 15.3. The van der Waals surface area contributed by atoms with Crippen molar-refractivity contribution in [2.24, 2.45) is 0 Å². The summed E-state index contributed by atoms with van der Waals surface area (Å²) in [7, 11) is 0. The van der Waals surface area contributed by atoms with E-state index in [1.54, 1.807) is 0 Å². The molecule has 0 aliphatic heterocycles. The molecule has 2 aromatic carbocycles. The van der Waals surface area contributed by atoms with E-state index < -0.39 is 0 Å². The van der Waals surface area contributed by atoms with Crippen LogP contribution in [0.15, 0.2) is 42.5 Å². The van der Waals surface area contributed by atoms with Crippen molar-refractivity contribution in [3.8, 4) is 11.3 Å². The first-order valence-corrected chi connectivity index (χ1v) is 5.66. The third-order valence-corrected chi connectivity index (χ3v) is 3.07. The first-order valence-electron chi connectivity index (χ1n) is 5.66. The Hall–Kier alpha value is -2.69. The van der Waals surface area contributed by atoms with Crippen LogP contribution in [0.1, 0.15) is 0 Å². The van der Waals surface area contributed by atoms with Gasteiger partial charge in [-0.2, -0.15) is 20.5 Å². The van der Waals surface area contributed by atoms with E-state index in [2.05, 4.69) is 25.6 Å². The average Bonchev–Trinajstić information content (AvgIpc) is 3.05. The normalized spacial score (nSPS) is 11.3. The van der Waals surface area contributed by atoms with Gasteiger partial charge in [-0.25, -0.2) is 0 Å². The van der Waals surface area contributed by atoms with Crippen LogP contribution in [-0.4, -0.2) is 25.6 Å². The van der Waals surface area contributed by atoms with E-state index in [0.717, 1.165) is 33.2 Å². The van der Waals surface area contributed by atoms with E-state index in [1.807, 2.05) is 42.5 Å². The number of hydrogen-bond acceptors (Lipinski definition) is 3. The molecule has 18 heavy (non-hydrogen) atoms. The lowest BCUT2D eigenvalue weighted by Gasteiger charge is -1.98. The number of aromatic nitrogens is 5. The van der Waals surface area contributed by atoms with Gasteiger partial charge in [-0.3, -0.25) is 5.10 Å². The van der Waals surface area contributed by atoms with Crippen LogP contribution in [0.3, 0.4) is 0 Å². The Kier molecular flexibility index (Phi) is 1.77. The number of H-pyrrole nitrogens is 2. The lowest BCUT2D eigenvalue weighted by molar-refractivity contribution is 0.959. The molecule has 86 valence electrons. The molecule has 0 spiro atoms. The molecule has 0 unspecified atom stereocenters. The maximum Gasteiger partial charge on any atom is 0.122 e. The smallest absolute Gasteiger partial charge is 0.122 e. The van der Waals surface area contributed by atoms with Gasteiger partial charge in [-0.15, -0.1) is 0 Å². The largest absolute Gasteiger partial charge is 0.277 e. The fourth-order valence-electron chi connectivity index (χ4n) is 2.23. The van der Waals surface area contributed by atoms with Gasteiger partial charge in [0.05, 0.1) is 5.52 Å². The summed E-state index contributed by atoms with van der Waals surface area (Å²) >= 11 is 0. The van der Waals surface area contributed by atoms with Crippen molar-refractivity contribution in [1.82, 2.24) is 25.6 Å². The molecule has 0 amide bonds. The lowest BCUT2D eigenvalue weighted by Crippen LogP contribution is -1.81. The minimum absolute atomic E-state index is 0.842. The monoisotopic (exact) mass is 235 g/mol. The van der Waals surface area contributed by atoms with Crippen molar-refractivity contribution in [3.05, 3.63) is 42.5 Å². The molecule has 5 nitrogen and oxygen atoms in total.